The van der Waals surface area contributed by atoms with Crippen LogP contribution in [-0.2, 0) is 26.2 Å². The molecule has 0 saturated carbocycles. The van der Waals surface area contributed by atoms with Crippen LogP contribution < -0.4 is 14.4 Å². The molecule has 196 valence electrons. The predicted molar refractivity (Wildman–Crippen MR) is 144 cm³/mol. The SMILES string of the molecule is CCNC(=O)C(C)N(Cc1ccc(Cl)cc1)C(=O)CN(c1ccccc1)S(=O)(=O)c1ccc(OC)cc1. The number of anilines is 1. The van der Waals surface area contributed by atoms with Crippen molar-refractivity contribution in [3.8, 4) is 5.75 Å². The summed E-state index contributed by atoms with van der Waals surface area (Å²) in [7, 11) is -2.64. The number of sulfonamides is 1. The molecule has 0 aliphatic carbocycles. The first-order valence-electron chi connectivity index (χ1n) is 11.7. The minimum atomic E-state index is -4.13. The lowest BCUT2D eigenvalue weighted by atomic mass is 10.1. The quantitative estimate of drug-likeness (QED) is 0.393. The van der Waals surface area contributed by atoms with E-state index in [-0.39, 0.29) is 17.3 Å². The minimum absolute atomic E-state index is 0.00554. The molecule has 3 rings (SSSR count). The Kier molecular flexibility index (Phi) is 9.54. The van der Waals surface area contributed by atoms with Gasteiger partial charge in [0.05, 0.1) is 17.7 Å². The van der Waals surface area contributed by atoms with Crippen molar-refractivity contribution in [1.82, 2.24) is 10.2 Å². The number of amides is 2. The van der Waals surface area contributed by atoms with Crippen molar-refractivity contribution in [1.29, 1.82) is 0 Å². The van der Waals surface area contributed by atoms with E-state index >= 15 is 0 Å². The molecule has 1 unspecified atom stereocenters. The van der Waals surface area contributed by atoms with Gasteiger partial charge in [0.2, 0.25) is 11.8 Å². The van der Waals surface area contributed by atoms with Crippen LogP contribution in [0.1, 0.15) is 19.4 Å². The number of methoxy groups -OCH3 is 1. The maximum absolute atomic E-state index is 13.7. The molecule has 8 nitrogen and oxygen atoms in total. The van der Waals surface area contributed by atoms with E-state index in [2.05, 4.69) is 5.32 Å². The molecule has 0 radical (unpaired) electrons. The summed E-state index contributed by atoms with van der Waals surface area (Å²) in [6.45, 7) is 3.39. The number of para-hydroxylation sites is 1. The van der Waals surface area contributed by atoms with Crippen LogP contribution in [0.25, 0.3) is 0 Å². The molecule has 2 amide bonds. The maximum atomic E-state index is 13.7. The lowest BCUT2D eigenvalue weighted by Gasteiger charge is -2.32. The van der Waals surface area contributed by atoms with E-state index in [0.29, 0.717) is 23.0 Å². The van der Waals surface area contributed by atoms with E-state index in [4.69, 9.17) is 16.3 Å². The molecular weight excluding hydrogens is 514 g/mol. The summed E-state index contributed by atoms with van der Waals surface area (Å²) in [6, 6.07) is 20.4. The molecule has 0 fully saturated rings. The molecule has 1 N–H and O–H groups in total. The molecular formula is C27H30ClN3O5S. The number of halogens is 1. The van der Waals surface area contributed by atoms with Crippen LogP contribution in [-0.4, -0.2) is 51.4 Å². The number of ether oxygens (including phenoxy) is 1. The highest BCUT2D eigenvalue weighted by Gasteiger charge is 2.32. The zero-order valence-electron chi connectivity index (χ0n) is 20.9. The Morgan fingerprint density at radius 2 is 1.59 bits per heavy atom. The van der Waals surface area contributed by atoms with Gasteiger partial charge < -0.3 is 15.0 Å². The number of benzene rings is 3. The second kappa shape index (κ2) is 12.6. The Hall–Kier alpha value is -3.56. The second-order valence-corrected chi connectivity index (χ2v) is 10.5. The van der Waals surface area contributed by atoms with Gasteiger partial charge in [0.15, 0.2) is 0 Å². The monoisotopic (exact) mass is 543 g/mol. The van der Waals surface area contributed by atoms with E-state index in [1.807, 2.05) is 0 Å². The van der Waals surface area contributed by atoms with Crippen LogP contribution in [0.4, 0.5) is 5.69 Å². The summed E-state index contributed by atoms with van der Waals surface area (Å²) in [5.74, 6) is -0.366. The van der Waals surface area contributed by atoms with Crippen molar-refractivity contribution >= 4 is 39.1 Å². The molecule has 3 aromatic carbocycles. The summed E-state index contributed by atoms with van der Waals surface area (Å²) >= 11 is 6.00. The fourth-order valence-electron chi connectivity index (χ4n) is 3.69. The van der Waals surface area contributed by atoms with Crippen LogP contribution in [0, 0.1) is 0 Å². The normalized spacial score (nSPS) is 11.9. The first-order chi connectivity index (χ1) is 17.7. The molecule has 10 heteroatoms. The first kappa shape index (κ1) is 28.0. The van der Waals surface area contributed by atoms with Crippen molar-refractivity contribution < 1.29 is 22.7 Å². The number of nitrogens with one attached hydrogen (secondary N) is 1. The van der Waals surface area contributed by atoms with Crippen molar-refractivity contribution in [3.05, 3.63) is 89.4 Å². The van der Waals surface area contributed by atoms with Crippen LogP contribution in [0.15, 0.2) is 83.8 Å². The number of nitrogens with zero attached hydrogens (tertiary/aromatic N) is 2. The van der Waals surface area contributed by atoms with Crippen LogP contribution in [0.5, 0.6) is 5.75 Å². The van der Waals surface area contributed by atoms with Gasteiger partial charge in [0, 0.05) is 18.1 Å². The second-order valence-electron chi connectivity index (χ2n) is 8.24. The summed E-state index contributed by atoms with van der Waals surface area (Å²) < 4.78 is 33.6. The number of carbonyl (C=O) groups excluding carboxylic acids is 2. The number of hydrogen-bond donors (Lipinski definition) is 1. The molecule has 0 heterocycles. The lowest BCUT2D eigenvalue weighted by molar-refractivity contribution is -0.139. The van der Waals surface area contributed by atoms with Crippen molar-refractivity contribution in [3.63, 3.8) is 0 Å². The number of hydrogen-bond acceptors (Lipinski definition) is 5. The molecule has 3 aromatic rings. The van der Waals surface area contributed by atoms with E-state index in [0.717, 1.165) is 9.87 Å². The molecule has 0 aromatic heterocycles. The molecule has 1 atom stereocenters. The van der Waals surface area contributed by atoms with Gasteiger partial charge in [-0.2, -0.15) is 0 Å². The highest BCUT2D eigenvalue weighted by Crippen LogP contribution is 2.26. The van der Waals surface area contributed by atoms with Gasteiger partial charge in [-0.15, -0.1) is 0 Å². The summed E-state index contributed by atoms with van der Waals surface area (Å²) in [5.41, 5.74) is 1.07. The number of carbonyl (C=O) groups is 2. The topological polar surface area (TPSA) is 96.0 Å². The fourth-order valence-corrected chi connectivity index (χ4v) is 5.23. The van der Waals surface area contributed by atoms with E-state index < -0.39 is 28.5 Å². The Morgan fingerprint density at radius 3 is 2.16 bits per heavy atom. The molecule has 0 saturated heterocycles. The van der Waals surface area contributed by atoms with Crippen LogP contribution in [0.3, 0.4) is 0 Å². The predicted octanol–water partition coefficient (Wildman–Crippen LogP) is 4.10. The molecule has 0 aliphatic heterocycles. The summed E-state index contributed by atoms with van der Waals surface area (Å²) in [4.78, 5) is 27.8. The van der Waals surface area contributed by atoms with Crippen LogP contribution in [0.2, 0.25) is 5.02 Å². The van der Waals surface area contributed by atoms with E-state index in [1.165, 1.54) is 24.1 Å². The third-order valence-corrected chi connectivity index (χ3v) is 7.80. The Labute approximate surface area is 222 Å². The molecule has 0 aliphatic rings. The van der Waals surface area contributed by atoms with Gasteiger partial charge in [-0.25, -0.2) is 8.42 Å². The van der Waals surface area contributed by atoms with Crippen LogP contribution >= 0.6 is 11.6 Å². The average molecular weight is 544 g/mol. The van der Waals surface area contributed by atoms with Gasteiger partial charge in [0.1, 0.15) is 18.3 Å². The molecule has 37 heavy (non-hydrogen) atoms. The zero-order chi connectivity index (χ0) is 27.0. The zero-order valence-corrected chi connectivity index (χ0v) is 22.5. The van der Waals surface area contributed by atoms with Crippen molar-refractivity contribution in [2.75, 3.05) is 24.5 Å². The molecule has 0 spiro atoms. The number of rotatable bonds is 11. The van der Waals surface area contributed by atoms with Gasteiger partial charge >= 0.3 is 0 Å². The lowest BCUT2D eigenvalue weighted by Crippen LogP contribution is -2.51. The Bertz CT molecular complexity index is 1300. The maximum Gasteiger partial charge on any atom is 0.264 e. The standard InChI is InChI=1S/C27H30ClN3O5S/c1-4-29-27(33)20(2)30(18-21-10-12-22(28)13-11-21)26(32)19-31(23-8-6-5-7-9-23)37(34,35)25-16-14-24(36-3)15-17-25/h5-17,20H,4,18-19H2,1-3H3,(H,29,33). The van der Waals surface area contributed by atoms with Gasteiger partial charge in [-0.05, 0) is 67.9 Å². The van der Waals surface area contributed by atoms with E-state index in [9.17, 15) is 18.0 Å². The highest BCUT2D eigenvalue weighted by molar-refractivity contribution is 7.92. The van der Waals surface area contributed by atoms with E-state index in [1.54, 1.807) is 80.6 Å². The van der Waals surface area contributed by atoms with Gasteiger partial charge in [-0.1, -0.05) is 41.9 Å². The van der Waals surface area contributed by atoms with Crippen molar-refractivity contribution in [2.45, 2.75) is 31.3 Å². The summed E-state index contributed by atoms with van der Waals surface area (Å²) in [5, 5.41) is 3.27. The highest BCUT2D eigenvalue weighted by atomic mass is 35.5. The Balaban J connectivity index is 1.99. The third-order valence-electron chi connectivity index (χ3n) is 5.75. The average Bonchev–Trinajstić information content (AvgIpc) is 2.91. The first-order valence-corrected chi connectivity index (χ1v) is 13.5. The van der Waals surface area contributed by atoms with Crippen molar-refractivity contribution in [2.24, 2.45) is 0 Å². The minimum Gasteiger partial charge on any atom is -0.497 e. The molecule has 0 bridgehead atoms. The third kappa shape index (κ3) is 7.02. The van der Waals surface area contributed by atoms with Gasteiger partial charge in [0.25, 0.3) is 10.0 Å². The fraction of sp³-hybridized carbons (Fsp3) is 0.259. The number of likely N-dealkylation sites (N-methyl/N-ethyl adjacent to an activating group) is 1. The smallest absolute Gasteiger partial charge is 0.264 e. The largest absolute Gasteiger partial charge is 0.497 e. The Morgan fingerprint density at radius 1 is 0.973 bits per heavy atom. The van der Waals surface area contributed by atoms with Gasteiger partial charge in [-0.3, -0.25) is 13.9 Å². The summed E-state index contributed by atoms with van der Waals surface area (Å²) in [6.07, 6.45) is 0.